The number of ether oxygens (including phenoxy) is 1. The highest BCUT2D eigenvalue weighted by atomic mass is 32.2. The summed E-state index contributed by atoms with van der Waals surface area (Å²) in [4.78, 5) is 31.2. The molecule has 26 heavy (non-hydrogen) atoms. The molecule has 0 saturated carbocycles. The molecule has 2 atom stereocenters. The van der Waals surface area contributed by atoms with Gasteiger partial charge in [-0.2, -0.15) is 4.68 Å². The van der Waals surface area contributed by atoms with Crippen LogP contribution in [0.3, 0.4) is 0 Å². The molecule has 0 spiro atoms. The molecular weight excluding hydrogens is 356 g/mol. The molecule has 0 aliphatic carbocycles. The highest BCUT2D eigenvalue weighted by Crippen LogP contribution is 2.42. The van der Waals surface area contributed by atoms with Gasteiger partial charge in [0.1, 0.15) is 16.8 Å². The lowest BCUT2D eigenvalue weighted by Crippen LogP contribution is -2.44. The smallest absolute Gasteiger partial charge is 0.308 e. The number of hydrogen-bond acceptors (Lipinski definition) is 8. The number of piperidine rings is 1. The zero-order valence-electron chi connectivity index (χ0n) is 14.6. The first kappa shape index (κ1) is 17.3. The van der Waals surface area contributed by atoms with Crippen molar-refractivity contribution in [3.63, 3.8) is 0 Å². The van der Waals surface area contributed by atoms with Crippen molar-refractivity contribution in [1.29, 1.82) is 0 Å². The van der Waals surface area contributed by atoms with Gasteiger partial charge in [-0.15, -0.1) is 5.10 Å². The van der Waals surface area contributed by atoms with Gasteiger partial charge >= 0.3 is 5.97 Å². The summed E-state index contributed by atoms with van der Waals surface area (Å²) in [6.07, 6.45) is 3.03. The fraction of sp³-hybridized carbons (Fsp3) is 0.529. The summed E-state index contributed by atoms with van der Waals surface area (Å²) >= 11 is 1.42. The van der Waals surface area contributed by atoms with Gasteiger partial charge < -0.3 is 9.15 Å². The first-order valence-corrected chi connectivity index (χ1v) is 9.46. The van der Waals surface area contributed by atoms with Crippen LogP contribution in [0.2, 0.25) is 0 Å². The molecule has 2 aliphatic heterocycles. The lowest BCUT2D eigenvalue weighted by Gasteiger charge is -2.37. The number of carbonyl (C=O) groups excluding carboxylic acids is 2. The number of fused-ring (bicyclic) bond motifs is 1. The Kier molecular flexibility index (Phi) is 4.58. The van der Waals surface area contributed by atoms with Gasteiger partial charge in [0.25, 0.3) is 5.91 Å². The molecule has 1 fully saturated rings. The van der Waals surface area contributed by atoms with Gasteiger partial charge in [-0.1, -0.05) is 11.8 Å². The van der Waals surface area contributed by atoms with E-state index >= 15 is 0 Å². The van der Waals surface area contributed by atoms with Gasteiger partial charge in [-0.3, -0.25) is 14.5 Å². The van der Waals surface area contributed by atoms with E-state index in [1.54, 1.807) is 13.2 Å². The Labute approximate surface area is 154 Å². The minimum Gasteiger partial charge on any atom is -0.469 e. The number of carbonyl (C=O) groups is 2. The van der Waals surface area contributed by atoms with Crippen molar-refractivity contribution >= 4 is 23.6 Å². The number of rotatable bonds is 4. The zero-order valence-corrected chi connectivity index (χ0v) is 15.4. The average Bonchev–Trinajstić information content (AvgIpc) is 3.35. The maximum Gasteiger partial charge on any atom is 0.308 e. The van der Waals surface area contributed by atoms with E-state index < -0.39 is 0 Å². The van der Waals surface area contributed by atoms with Crippen molar-refractivity contribution in [2.45, 2.75) is 36.2 Å². The molecule has 9 heteroatoms. The number of methoxy groups -OCH3 is 1. The van der Waals surface area contributed by atoms with Gasteiger partial charge in [0.2, 0.25) is 0 Å². The fourth-order valence-electron chi connectivity index (χ4n) is 3.66. The summed E-state index contributed by atoms with van der Waals surface area (Å²) in [6.45, 7) is 3.17. The third kappa shape index (κ3) is 2.95. The SMILES string of the molecule is COC(=O)C1CCN(C(c2ccco2)C2Sc3nc(C)nn3C2=O)CC1. The molecule has 138 valence electrons. The molecule has 0 aromatic carbocycles. The predicted molar refractivity (Wildman–Crippen MR) is 92.8 cm³/mol. The molecule has 0 radical (unpaired) electrons. The minimum absolute atomic E-state index is 0.0814. The molecule has 4 rings (SSSR count). The Morgan fingerprint density at radius 3 is 2.81 bits per heavy atom. The number of furan rings is 1. The van der Waals surface area contributed by atoms with E-state index in [-0.39, 0.29) is 29.1 Å². The summed E-state index contributed by atoms with van der Waals surface area (Å²) in [6, 6.07) is 3.50. The maximum atomic E-state index is 12.9. The van der Waals surface area contributed by atoms with Crippen LogP contribution in [0.25, 0.3) is 0 Å². The molecule has 8 nitrogen and oxygen atoms in total. The van der Waals surface area contributed by atoms with Gasteiger partial charge in [0.15, 0.2) is 5.16 Å². The molecular formula is C17H20N4O4S. The van der Waals surface area contributed by atoms with E-state index in [0.29, 0.717) is 36.9 Å². The van der Waals surface area contributed by atoms with Crippen LogP contribution < -0.4 is 0 Å². The van der Waals surface area contributed by atoms with Crippen molar-refractivity contribution in [2.75, 3.05) is 20.2 Å². The van der Waals surface area contributed by atoms with E-state index in [1.807, 2.05) is 12.1 Å². The Balaban J connectivity index is 1.56. The van der Waals surface area contributed by atoms with Crippen LogP contribution in [0.5, 0.6) is 0 Å². The first-order chi connectivity index (χ1) is 12.6. The second-order valence-electron chi connectivity index (χ2n) is 6.52. The Bertz CT molecular complexity index is 811. The number of aryl methyl sites for hydroxylation is 1. The molecule has 2 unspecified atom stereocenters. The number of likely N-dealkylation sites (tertiary alicyclic amines) is 1. The molecule has 4 heterocycles. The van der Waals surface area contributed by atoms with Crippen LogP contribution in [0.15, 0.2) is 28.0 Å². The van der Waals surface area contributed by atoms with Crippen molar-refractivity contribution in [1.82, 2.24) is 19.7 Å². The average molecular weight is 376 g/mol. The lowest BCUT2D eigenvalue weighted by molar-refractivity contribution is -0.147. The highest BCUT2D eigenvalue weighted by Gasteiger charge is 2.45. The molecule has 2 aromatic heterocycles. The van der Waals surface area contributed by atoms with E-state index in [2.05, 4.69) is 15.0 Å². The number of esters is 1. The number of aromatic nitrogens is 3. The largest absolute Gasteiger partial charge is 0.469 e. The minimum atomic E-state index is -0.369. The van der Waals surface area contributed by atoms with Gasteiger partial charge in [-0.05, 0) is 45.0 Å². The molecule has 0 amide bonds. The molecule has 0 bridgehead atoms. The van der Waals surface area contributed by atoms with E-state index in [9.17, 15) is 9.59 Å². The van der Waals surface area contributed by atoms with Crippen LogP contribution in [0.1, 0.15) is 35.3 Å². The monoisotopic (exact) mass is 376 g/mol. The van der Waals surface area contributed by atoms with Gasteiger partial charge in [0, 0.05) is 0 Å². The first-order valence-electron chi connectivity index (χ1n) is 8.58. The summed E-state index contributed by atoms with van der Waals surface area (Å²) in [5.41, 5.74) is 0. The zero-order chi connectivity index (χ0) is 18.3. The maximum absolute atomic E-state index is 12.9. The molecule has 1 saturated heterocycles. The van der Waals surface area contributed by atoms with Crippen LogP contribution in [0, 0.1) is 12.8 Å². The van der Waals surface area contributed by atoms with E-state index in [4.69, 9.17) is 9.15 Å². The molecule has 2 aromatic rings. The summed E-state index contributed by atoms with van der Waals surface area (Å²) in [7, 11) is 1.42. The van der Waals surface area contributed by atoms with Crippen LogP contribution in [-0.4, -0.2) is 57.0 Å². The standard InChI is InChI=1S/C17H20N4O4S/c1-10-18-17-21(19-10)15(22)14(26-17)13(12-4-3-9-25-12)20-7-5-11(6-8-20)16(23)24-2/h3-4,9,11,13-14H,5-8H2,1-2H3. The van der Waals surface area contributed by atoms with Crippen LogP contribution in [-0.2, 0) is 9.53 Å². The molecule has 0 N–H and O–H groups in total. The second kappa shape index (κ2) is 6.88. The van der Waals surface area contributed by atoms with Crippen molar-refractivity contribution < 1.29 is 18.7 Å². The third-order valence-corrected chi connectivity index (χ3v) is 6.14. The number of thioether (sulfide) groups is 1. The van der Waals surface area contributed by atoms with E-state index in [0.717, 1.165) is 5.76 Å². The predicted octanol–water partition coefficient (Wildman–Crippen LogP) is 1.92. The van der Waals surface area contributed by atoms with Crippen LogP contribution >= 0.6 is 11.8 Å². The van der Waals surface area contributed by atoms with Gasteiger partial charge in [-0.25, -0.2) is 4.98 Å². The summed E-state index contributed by atoms with van der Waals surface area (Å²) in [5.74, 6) is 1.01. The van der Waals surface area contributed by atoms with Crippen molar-refractivity contribution in [3.8, 4) is 0 Å². The molecule has 2 aliphatic rings. The summed E-state index contributed by atoms with van der Waals surface area (Å²) < 4.78 is 11.9. The Morgan fingerprint density at radius 1 is 1.42 bits per heavy atom. The topological polar surface area (TPSA) is 90.5 Å². The van der Waals surface area contributed by atoms with E-state index in [1.165, 1.54) is 23.6 Å². The normalized spacial score (nSPS) is 22.4. The summed E-state index contributed by atoms with van der Waals surface area (Å²) in [5, 5.41) is 4.46. The van der Waals surface area contributed by atoms with Crippen molar-refractivity contribution in [3.05, 3.63) is 30.0 Å². The third-order valence-electron chi connectivity index (χ3n) is 4.95. The van der Waals surface area contributed by atoms with Gasteiger partial charge in [0.05, 0.1) is 25.3 Å². The fourth-order valence-corrected chi connectivity index (χ4v) is 4.94. The number of nitrogens with zero attached hydrogens (tertiary/aromatic N) is 4. The lowest BCUT2D eigenvalue weighted by atomic mass is 9.94. The second-order valence-corrected chi connectivity index (χ2v) is 7.63. The Hall–Kier alpha value is -2.13. The number of hydrogen-bond donors (Lipinski definition) is 0. The Morgan fingerprint density at radius 2 is 2.19 bits per heavy atom. The van der Waals surface area contributed by atoms with Crippen molar-refractivity contribution in [2.24, 2.45) is 5.92 Å². The quantitative estimate of drug-likeness (QED) is 0.748. The van der Waals surface area contributed by atoms with Crippen LogP contribution in [0.4, 0.5) is 0 Å². The highest BCUT2D eigenvalue weighted by molar-refractivity contribution is 8.00.